The molecular formula is C17H28N2O4. The fourth-order valence-corrected chi connectivity index (χ4v) is 3.53. The van der Waals surface area contributed by atoms with E-state index in [4.69, 9.17) is 4.74 Å². The highest BCUT2D eigenvalue weighted by Crippen LogP contribution is 2.28. The van der Waals surface area contributed by atoms with E-state index in [1.54, 1.807) is 11.8 Å². The number of nitrogens with zero attached hydrogens (tertiary/aromatic N) is 1. The van der Waals surface area contributed by atoms with Crippen molar-refractivity contribution in [2.45, 2.75) is 64.3 Å². The van der Waals surface area contributed by atoms with E-state index in [1.165, 1.54) is 6.42 Å². The van der Waals surface area contributed by atoms with E-state index >= 15 is 0 Å². The number of carbonyl (C=O) groups is 3. The molecule has 1 unspecified atom stereocenters. The topological polar surface area (TPSA) is 75.7 Å². The standard InChI is InChI=1S/C17H28N2O4/c1-2-23-15(20)10-11-18-16(21)14-9-6-12-19(14)17(22)13-7-4-3-5-8-13/h13-14H,2-12H2,1H3,(H,18,21). The van der Waals surface area contributed by atoms with E-state index in [2.05, 4.69) is 5.32 Å². The van der Waals surface area contributed by atoms with Gasteiger partial charge in [0.05, 0.1) is 13.0 Å². The molecule has 6 heteroatoms. The minimum Gasteiger partial charge on any atom is -0.466 e. The quantitative estimate of drug-likeness (QED) is 0.754. The van der Waals surface area contributed by atoms with Gasteiger partial charge in [-0.25, -0.2) is 0 Å². The van der Waals surface area contributed by atoms with Crippen molar-refractivity contribution in [1.82, 2.24) is 10.2 Å². The van der Waals surface area contributed by atoms with Gasteiger partial charge in [-0.1, -0.05) is 19.3 Å². The number of carbonyl (C=O) groups excluding carboxylic acids is 3. The summed E-state index contributed by atoms with van der Waals surface area (Å²) in [5, 5.41) is 2.77. The summed E-state index contributed by atoms with van der Waals surface area (Å²) < 4.78 is 4.83. The average Bonchev–Trinajstić information content (AvgIpc) is 3.05. The fraction of sp³-hybridized carbons (Fsp3) is 0.824. The van der Waals surface area contributed by atoms with Gasteiger partial charge in [0.1, 0.15) is 6.04 Å². The van der Waals surface area contributed by atoms with Crippen LogP contribution in [0.1, 0.15) is 58.3 Å². The van der Waals surface area contributed by atoms with Crippen LogP contribution in [0.2, 0.25) is 0 Å². The summed E-state index contributed by atoms with van der Waals surface area (Å²) in [6.45, 7) is 3.04. The molecule has 0 aromatic carbocycles. The molecule has 0 radical (unpaired) electrons. The Bertz CT molecular complexity index is 432. The van der Waals surface area contributed by atoms with Gasteiger partial charge in [-0.2, -0.15) is 0 Å². The lowest BCUT2D eigenvalue weighted by molar-refractivity contribution is -0.144. The van der Waals surface area contributed by atoms with Crippen LogP contribution >= 0.6 is 0 Å². The lowest BCUT2D eigenvalue weighted by Gasteiger charge is -2.30. The molecule has 2 rings (SSSR count). The molecule has 0 aromatic heterocycles. The van der Waals surface area contributed by atoms with Gasteiger partial charge in [0, 0.05) is 19.0 Å². The SMILES string of the molecule is CCOC(=O)CCNC(=O)C1CCCN1C(=O)C1CCCCC1. The van der Waals surface area contributed by atoms with Crippen LogP contribution in [0.3, 0.4) is 0 Å². The number of hydrogen-bond acceptors (Lipinski definition) is 4. The third kappa shape index (κ3) is 4.94. The molecule has 2 fully saturated rings. The minimum absolute atomic E-state index is 0.0941. The molecule has 6 nitrogen and oxygen atoms in total. The van der Waals surface area contributed by atoms with Crippen LogP contribution < -0.4 is 5.32 Å². The summed E-state index contributed by atoms with van der Waals surface area (Å²) in [6.07, 6.45) is 7.09. The van der Waals surface area contributed by atoms with E-state index in [9.17, 15) is 14.4 Å². The van der Waals surface area contributed by atoms with Gasteiger partial charge in [0.15, 0.2) is 0 Å². The molecule has 1 aliphatic carbocycles. The zero-order valence-corrected chi connectivity index (χ0v) is 14.0. The smallest absolute Gasteiger partial charge is 0.307 e. The summed E-state index contributed by atoms with van der Waals surface area (Å²) in [7, 11) is 0. The number of ether oxygens (including phenoxy) is 1. The zero-order valence-electron chi connectivity index (χ0n) is 14.0. The van der Waals surface area contributed by atoms with Crippen LogP contribution in [0.15, 0.2) is 0 Å². The highest BCUT2D eigenvalue weighted by Gasteiger charge is 2.37. The zero-order chi connectivity index (χ0) is 16.7. The molecule has 2 aliphatic rings. The van der Waals surface area contributed by atoms with Crippen molar-refractivity contribution in [1.29, 1.82) is 0 Å². The van der Waals surface area contributed by atoms with E-state index in [1.807, 2.05) is 0 Å². The number of rotatable bonds is 6. The first kappa shape index (κ1) is 17.8. The molecule has 0 spiro atoms. The van der Waals surface area contributed by atoms with Crippen molar-refractivity contribution in [2.75, 3.05) is 19.7 Å². The highest BCUT2D eigenvalue weighted by molar-refractivity contribution is 5.89. The van der Waals surface area contributed by atoms with Gasteiger partial charge in [-0.15, -0.1) is 0 Å². The molecule has 0 aromatic rings. The molecular weight excluding hydrogens is 296 g/mol. The van der Waals surface area contributed by atoms with Gasteiger partial charge >= 0.3 is 5.97 Å². The summed E-state index contributed by atoms with van der Waals surface area (Å²) >= 11 is 0. The molecule has 1 saturated carbocycles. The molecule has 1 atom stereocenters. The van der Waals surface area contributed by atoms with Crippen molar-refractivity contribution in [3.8, 4) is 0 Å². The largest absolute Gasteiger partial charge is 0.466 e. The molecule has 2 amide bonds. The normalized spacial score (nSPS) is 22.0. The Kier molecular flexibility index (Phi) is 6.86. The summed E-state index contributed by atoms with van der Waals surface area (Å²) in [4.78, 5) is 38.0. The predicted molar refractivity (Wildman–Crippen MR) is 85.6 cm³/mol. The summed E-state index contributed by atoms with van der Waals surface area (Å²) in [5.41, 5.74) is 0. The maximum atomic E-state index is 12.7. The Morgan fingerprint density at radius 2 is 1.83 bits per heavy atom. The lowest BCUT2D eigenvalue weighted by Crippen LogP contribution is -2.48. The van der Waals surface area contributed by atoms with Crippen LogP contribution in [0.25, 0.3) is 0 Å². The van der Waals surface area contributed by atoms with Gasteiger partial charge in [0.25, 0.3) is 0 Å². The second kappa shape index (κ2) is 8.89. The van der Waals surface area contributed by atoms with Gasteiger partial charge < -0.3 is 15.0 Å². The molecule has 23 heavy (non-hydrogen) atoms. The predicted octanol–water partition coefficient (Wildman–Crippen LogP) is 1.63. The van der Waals surface area contributed by atoms with Crippen LogP contribution in [-0.4, -0.2) is 48.4 Å². The maximum absolute atomic E-state index is 12.7. The Morgan fingerprint density at radius 1 is 1.09 bits per heavy atom. The van der Waals surface area contributed by atoms with E-state index in [0.717, 1.165) is 32.1 Å². The lowest BCUT2D eigenvalue weighted by atomic mass is 9.88. The third-order valence-corrected chi connectivity index (χ3v) is 4.73. The Morgan fingerprint density at radius 3 is 2.52 bits per heavy atom. The van der Waals surface area contributed by atoms with E-state index in [0.29, 0.717) is 19.6 Å². The second-order valence-electron chi connectivity index (χ2n) is 6.37. The van der Waals surface area contributed by atoms with Gasteiger partial charge in [-0.05, 0) is 32.6 Å². The number of hydrogen-bond donors (Lipinski definition) is 1. The number of amides is 2. The van der Waals surface area contributed by atoms with Crippen molar-refractivity contribution < 1.29 is 19.1 Å². The Labute approximate surface area is 137 Å². The van der Waals surface area contributed by atoms with Crippen molar-refractivity contribution >= 4 is 17.8 Å². The molecule has 0 bridgehead atoms. The van der Waals surface area contributed by atoms with Crippen LogP contribution in [0.4, 0.5) is 0 Å². The maximum Gasteiger partial charge on any atom is 0.307 e. The van der Waals surface area contributed by atoms with E-state index < -0.39 is 0 Å². The van der Waals surface area contributed by atoms with Crippen LogP contribution in [0.5, 0.6) is 0 Å². The van der Waals surface area contributed by atoms with Crippen molar-refractivity contribution in [3.05, 3.63) is 0 Å². The van der Waals surface area contributed by atoms with E-state index in [-0.39, 0.29) is 42.7 Å². The van der Waals surface area contributed by atoms with Crippen molar-refractivity contribution in [3.63, 3.8) is 0 Å². The Hall–Kier alpha value is -1.59. The average molecular weight is 324 g/mol. The number of esters is 1. The molecule has 1 aliphatic heterocycles. The molecule has 1 heterocycles. The minimum atomic E-state index is -0.369. The summed E-state index contributed by atoms with van der Waals surface area (Å²) in [6, 6.07) is -0.369. The highest BCUT2D eigenvalue weighted by atomic mass is 16.5. The molecule has 130 valence electrons. The van der Waals surface area contributed by atoms with Gasteiger partial charge in [0.2, 0.25) is 11.8 Å². The monoisotopic (exact) mass is 324 g/mol. The third-order valence-electron chi connectivity index (χ3n) is 4.73. The summed E-state index contributed by atoms with van der Waals surface area (Å²) in [5.74, 6) is -0.213. The second-order valence-corrected chi connectivity index (χ2v) is 6.37. The molecule has 1 N–H and O–H groups in total. The number of likely N-dealkylation sites (tertiary alicyclic amines) is 1. The first-order valence-corrected chi connectivity index (χ1v) is 8.87. The first-order chi connectivity index (χ1) is 11.1. The van der Waals surface area contributed by atoms with Gasteiger partial charge in [-0.3, -0.25) is 14.4 Å². The first-order valence-electron chi connectivity index (χ1n) is 8.87. The van der Waals surface area contributed by atoms with Crippen LogP contribution in [0, 0.1) is 5.92 Å². The van der Waals surface area contributed by atoms with Crippen molar-refractivity contribution in [2.24, 2.45) is 5.92 Å². The molecule has 1 saturated heterocycles. The number of nitrogens with one attached hydrogen (secondary N) is 1. The fourth-order valence-electron chi connectivity index (χ4n) is 3.53. The Balaban J connectivity index is 1.81. The van der Waals surface area contributed by atoms with Crippen LogP contribution in [-0.2, 0) is 19.1 Å².